The minimum atomic E-state index is -0.161. The molecule has 7 nitrogen and oxygen atoms in total. The van der Waals surface area contributed by atoms with Crippen molar-refractivity contribution in [1.29, 1.82) is 0 Å². The molecule has 1 N–H and O–H groups in total. The van der Waals surface area contributed by atoms with Crippen molar-refractivity contribution in [3.05, 3.63) is 60.2 Å². The van der Waals surface area contributed by atoms with Crippen molar-refractivity contribution in [3.8, 4) is 17.1 Å². The Morgan fingerprint density at radius 2 is 2.08 bits per heavy atom. The number of aromatic nitrogens is 4. The molecular weight excluding hydrogens is 318 g/mol. The van der Waals surface area contributed by atoms with Gasteiger partial charge in [-0.15, -0.1) is 0 Å². The number of nitrogens with zero attached hydrogens (tertiary/aromatic N) is 4. The third-order valence-electron chi connectivity index (χ3n) is 4.18. The molecular formula is C18H17N5O2. The van der Waals surface area contributed by atoms with Crippen molar-refractivity contribution >= 4 is 5.91 Å². The molecule has 1 aliphatic heterocycles. The monoisotopic (exact) mass is 335 g/mol. The summed E-state index contributed by atoms with van der Waals surface area (Å²) in [5.41, 5.74) is 2.50. The molecule has 3 aromatic rings. The first kappa shape index (κ1) is 15.3. The minimum Gasteiger partial charge on any atom is -0.487 e. The number of carbonyl (C=O) groups excluding carboxylic acids is 1. The van der Waals surface area contributed by atoms with Crippen molar-refractivity contribution in [2.45, 2.75) is 12.5 Å². The molecule has 25 heavy (non-hydrogen) atoms. The van der Waals surface area contributed by atoms with E-state index in [1.165, 1.54) is 0 Å². The largest absolute Gasteiger partial charge is 0.487 e. The third kappa shape index (κ3) is 2.96. The Labute approximate surface area is 144 Å². The maximum atomic E-state index is 12.2. The SMILES string of the molecule is Cn1nccc1C(=O)NCC1Cc2cccc(-c3ncccn3)c2O1. The summed E-state index contributed by atoms with van der Waals surface area (Å²) in [6.45, 7) is 0.424. The molecule has 0 fully saturated rings. The maximum absolute atomic E-state index is 12.2. The Kier molecular flexibility index (Phi) is 3.89. The molecule has 1 aliphatic rings. The summed E-state index contributed by atoms with van der Waals surface area (Å²) in [5, 5.41) is 6.91. The zero-order chi connectivity index (χ0) is 17.2. The van der Waals surface area contributed by atoms with Crippen LogP contribution in [0, 0.1) is 0 Å². The average molecular weight is 335 g/mol. The molecule has 2 aromatic heterocycles. The number of hydrogen-bond acceptors (Lipinski definition) is 5. The summed E-state index contributed by atoms with van der Waals surface area (Å²) in [5.74, 6) is 1.28. The fourth-order valence-corrected chi connectivity index (χ4v) is 2.96. The fourth-order valence-electron chi connectivity index (χ4n) is 2.96. The Morgan fingerprint density at radius 3 is 2.84 bits per heavy atom. The molecule has 1 amide bonds. The van der Waals surface area contributed by atoms with Gasteiger partial charge in [-0.3, -0.25) is 9.48 Å². The van der Waals surface area contributed by atoms with Crippen LogP contribution in [0.15, 0.2) is 48.9 Å². The van der Waals surface area contributed by atoms with Gasteiger partial charge < -0.3 is 10.1 Å². The normalized spacial score (nSPS) is 15.5. The van der Waals surface area contributed by atoms with Gasteiger partial charge in [0.15, 0.2) is 5.82 Å². The lowest BCUT2D eigenvalue weighted by atomic mass is 10.1. The summed E-state index contributed by atoms with van der Waals surface area (Å²) in [6, 6.07) is 9.43. The van der Waals surface area contributed by atoms with E-state index in [1.54, 1.807) is 42.5 Å². The van der Waals surface area contributed by atoms with Crippen LogP contribution in [0.1, 0.15) is 16.1 Å². The van der Waals surface area contributed by atoms with Crippen molar-refractivity contribution in [2.75, 3.05) is 6.54 Å². The van der Waals surface area contributed by atoms with Gasteiger partial charge in [0, 0.05) is 32.1 Å². The average Bonchev–Trinajstić information content (AvgIpc) is 3.25. The van der Waals surface area contributed by atoms with E-state index in [4.69, 9.17) is 4.74 Å². The van der Waals surface area contributed by atoms with Crippen LogP contribution in [0.5, 0.6) is 5.75 Å². The number of nitrogens with one attached hydrogen (secondary N) is 1. The second-order valence-corrected chi connectivity index (χ2v) is 5.86. The predicted octanol–water partition coefficient (Wildman–Crippen LogP) is 1.61. The lowest BCUT2D eigenvalue weighted by Gasteiger charge is -2.13. The molecule has 0 bridgehead atoms. The number of amides is 1. The van der Waals surface area contributed by atoms with E-state index in [0.29, 0.717) is 18.1 Å². The smallest absolute Gasteiger partial charge is 0.269 e. The van der Waals surface area contributed by atoms with Gasteiger partial charge in [-0.05, 0) is 23.8 Å². The van der Waals surface area contributed by atoms with Crippen LogP contribution in [0.2, 0.25) is 0 Å². The van der Waals surface area contributed by atoms with Crippen LogP contribution >= 0.6 is 0 Å². The minimum absolute atomic E-state index is 0.114. The number of benzene rings is 1. The molecule has 0 spiro atoms. The van der Waals surface area contributed by atoms with Gasteiger partial charge in [0.2, 0.25) is 0 Å². The molecule has 0 aliphatic carbocycles. The highest BCUT2D eigenvalue weighted by atomic mass is 16.5. The number of carbonyl (C=O) groups is 1. The molecule has 0 radical (unpaired) electrons. The van der Waals surface area contributed by atoms with E-state index in [2.05, 4.69) is 20.4 Å². The quantitative estimate of drug-likeness (QED) is 0.783. The molecule has 1 aromatic carbocycles. The van der Waals surface area contributed by atoms with Crippen molar-refractivity contribution in [1.82, 2.24) is 25.1 Å². The van der Waals surface area contributed by atoms with Gasteiger partial charge in [0.25, 0.3) is 5.91 Å². The van der Waals surface area contributed by atoms with Gasteiger partial charge in [-0.1, -0.05) is 12.1 Å². The number of aryl methyl sites for hydroxylation is 1. The zero-order valence-corrected chi connectivity index (χ0v) is 13.7. The van der Waals surface area contributed by atoms with Crippen molar-refractivity contribution in [2.24, 2.45) is 7.05 Å². The molecule has 3 heterocycles. The Morgan fingerprint density at radius 1 is 1.24 bits per heavy atom. The van der Waals surface area contributed by atoms with Crippen molar-refractivity contribution in [3.63, 3.8) is 0 Å². The predicted molar refractivity (Wildman–Crippen MR) is 91.1 cm³/mol. The number of fused-ring (bicyclic) bond motifs is 1. The molecule has 4 rings (SSSR count). The standard InChI is InChI=1S/C18H17N5O2/c1-23-15(6-9-22-23)18(24)21-11-13-10-12-4-2-5-14(16(12)25-13)17-19-7-3-8-20-17/h2-9,13H,10-11H2,1H3,(H,21,24). The van der Waals surface area contributed by atoms with E-state index in [9.17, 15) is 4.79 Å². The summed E-state index contributed by atoms with van der Waals surface area (Å²) in [6.07, 6.45) is 5.65. The van der Waals surface area contributed by atoms with E-state index >= 15 is 0 Å². The molecule has 0 saturated carbocycles. The number of hydrogen-bond donors (Lipinski definition) is 1. The first-order valence-corrected chi connectivity index (χ1v) is 8.04. The highest BCUT2D eigenvalue weighted by molar-refractivity contribution is 5.92. The van der Waals surface area contributed by atoms with Gasteiger partial charge >= 0.3 is 0 Å². The summed E-state index contributed by atoms with van der Waals surface area (Å²) < 4.78 is 7.62. The number of rotatable bonds is 4. The molecule has 1 unspecified atom stereocenters. The van der Waals surface area contributed by atoms with Gasteiger partial charge in [0.1, 0.15) is 17.5 Å². The Bertz CT molecular complexity index is 907. The lowest BCUT2D eigenvalue weighted by Crippen LogP contribution is -2.35. The van der Waals surface area contributed by atoms with Crippen LogP contribution in [0.3, 0.4) is 0 Å². The van der Waals surface area contributed by atoms with Gasteiger partial charge in [-0.2, -0.15) is 5.10 Å². The summed E-state index contributed by atoms with van der Waals surface area (Å²) in [7, 11) is 1.74. The molecule has 0 saturated heterocycles. The highest BCUT2D eigenvalue weighted by Gasteiger charge is 2.27. The van der Waals surface area contributed by atoms with Crippen LogP contribution in [0.4, 0.5) is 0 Å². The lowest BCUT2D eigenvalue weighted by molar-refractivity contribution is 0.0924. The first-order valence-electron chi connectivity index (χ1n) is 8.04. The topological polar surface area (TPSA) is 81.9 Å². The van der Waals surface area contributed by atoms with E-state index < -0.39 is 0 Å². The fraction of sp³-hybridized carbons (Fsp3) is 0.222. The number of para-hydroxylation sites is 1. The third-order valence-corrected chi connectivity index (χ3v) is 4.18. The van der Waals surface area contributed by atoms with E-state index in [-0.39, 0.29) is 12.0 Å². The van der Waals surface area contributed by atoms with Crippen LogP contribution in [0.25, 0.3) is 11.4 Å². The first-order chi connectivity index (χ1) is 12.2. The van der Waals surface area contributed by atoms with Crippen LogP contribution in [-0.2, 0) is 13.5 Å². The highest BCUT2D eigenvalue weighted by Crippen LogP contribution is 2.37. The van der Waals surface area contributed by atoms with E-state index in [0.717, 1.165) is 23.3 Å². The maximum Gasteiger partial charge on any atom is 0.269 e. The van der Waals surface area contributed by atoms with Gasteiger partial charge in [-0.25, -0.2) is 9.97 Å². The second-order valence-electron chi connectivity index (χ2n) is 5.86. The summed E-state index contributed by atoms with van der Waals surface area (Å²) >= 11 is 0. The number of ether oxygens (including phenoxy) is 1. The molecule has 7 heteroatoms. The van der Waals surface area contributed by atoms with Crippen molar-refractivity contribution < 1.29 is 9.53 Å². The molecule has 126 valence electrons. The summed E-state index contributed by atoms with van der Waals surface area (Å²) in [4.78, 5) is 20.8. The Balaban J connectivity index is 1.47. The van der Waals surface area contributed by atoms with Crippen LogP contribution in [-0.4, -0.2) is 38.3 Å². The second kappa shape index (κ2) is 6.35. The van der Waals surface area contributed by atoms with E-state index in [1.807, 2.05) is 18.2 Å². The Hall–Kier alpha value is -3.22. The van der Waals surface area contributed by atoms with Gasteiger partial charge in [0.05, 0.1) is 12.1 Å². The molecule has 1 atom stereocenters. The zero-order valence-electron chi connectivity index (χ0n) is 13.7. The van der Waals surface area contributed by atoms with Crippen LogP contribution < -0.4 is 10.1 Å².